The van der Waals surface area contributed by atoms with E-state index in [-0.39, 0.29) is 17.1 Å². The molecule has 1 aliphatic carbocycles. The number of Topliss-reactive ketones (excluding diaryl/α,β-unsaturated/α-hetero) is 1. The molecule has 2 rings (SSSR count). The van der Waals surface area contributed by atoms with Gasteiger partial charge in [0.1, 0.15) is 5.75 Å². The molecule has 0 aliphatic heterocycles. The van der Waals surface area contributed by atoms with Gasteiger partial charge < -0.3 is 5.11 Å². The van der Waals surface area contributed by atoms with Gasteiger partial charge in [-0.1, -0.05) is 31.9 Å². The first-order valence-corrected chi connectivity index (χ1v) is 7.43. The van der Waals surface area contributed by atoms with Crippen LogP contribution in [0.2, 0.25) is 0 Å². The SMILES string of the molecule is CC1CCCC(C(=O)Cc2cccc(O)c2)(N(C)C)C1. The third kappa shape index (κ3) is 3.04. The Bertz CT molecular complexity index is 484. The third-order valence-electron chi connectivity index (χ3n) is 4.62. The first kappa shape index (κ1) is 15.0. The van der Waals surface area contributed by atoms with Crippen molar-refractivity contribution in [2.75, 3.05) is 14.1 Å². The molecule has 110 valence electrons. The third-order valence-corrected chi connectivity index (χ3v) is 4.62. The highest BCUT2D eigenvalue weighted by Crippen LogP contribution is 2.37. The molecule has 2 unspecified atom stereocenters. The number of ketones is 1. The summed E-state index contributed by atoms with van der Waals surface area (Å²) in [5.41, 5.74) is 0.567. The summed E-state index contributed by atoms with van der Waals surface area (Å²) in [5.74, 6) is 1.10. The maximum Gasteiger partial charge on any atom is 0.157 e. The topological polar surface area (TPSA) is 40.5 Å². The number of phenols is 1. The number of rotatable bonds is 4. The predicted molar refractivity (Wildman–Crippen MR) is 80.9 cm³/mol. The molecule has 0 spiro atoms. The zero-order chi connectivity index (χ0) is 14.8. The molecule has 3 heteroatoms. The Kier molecular flexibility index (Phi) is 4.48. The van der Waals surface area contributed by atoms with Crippen molar-refractivity contribution in [3.8, 4) is 5.75 Å². The number of phenolic OH excluding ortho intramolecular Hbond substituents is 1. The van der Waals surface area contributed by atoms with Crippen molar-refractivity contribution < 1.29 is 9.90 Å². The highest BCUT2D eigenvalue weighted by Gasteiger charge is 2.42. The smallest absolute Gasteiger partial charge is 0.157 e. The van der Waals surface area contributed by atoms with E-state index in [0.717, 1.165) is 24.8 Å². The number of carbonyl (C=O) groups excluding carboxylic acids is 1. The molecule has 0 bridgehead atoms. The van der Waals surface area contributed by atoms with E-state index >= 15 is 0 Å². The monoisotopic (exact) mass is 275 g/mol. The first-order chi connectivity index (χ1) is 9.44. The Morgan fingerprint density at radius 2 is 2.20 bits per heavy atom. The van der Waals surface area contributed by atoms with E-state index in [9.17, 15) is 9.90 Å². The Labute approximate surface area is 121 Å². The quantitative estimate of drug-likeness (QED) is 0.918. The zero-order valence-corrected chi connectivity index (χ0v) is 12.7. The molecule has 0 heterocycles. The Balaban J connectivity index is 2.19. The van der Waals surface area contributed by atoms with Crippen molar-refractivity contribution in [2.45, 2.75) is 44.6 Å². The van der Waals surface area contributed by atoms with Crippen molar-refractivity contribution in [1.82, 2.24) is 4.90 Å². The van der Waals surface area contributed by atoms with Crippen molar-refractivity contribution in [1.29, 1.82) is 0 Å². The Hall–Kier alpha value is -1.35. The molecule has 0 amide bonds. The Morgan fingerprint density at radius 1 is 1.45 bits per heavy atom. The van der Waals surface area contributed by atoms with E-state index < -0.39 is 0 Å². The second-order valence-corrected chi connectivity index (χ2v) is 6.40. The minimum absolute atomic E-state index is 0.228. The number of carbonyl (C=O) groups is 1. The standard InChI is InChI=1S/C17H25NO2/c1-13-6-5-9-17(12-13,18(2)3)16(20)11-14-7-4-8-15(19)10-14/h4,7-8,10,13,19H,5-6,9,11-12H2,1-3H3. The van der Waals surface area contributed by atoms with Crippen LogP contribution < -0.4 is 0 Å². The van der Waals surface area contributed by atoms with Crippen molar-refractivity contribution in [3.63, 3.8) is 0 Å². The lowest BCUT2D eigenvalue weighted by molar-refractivity contribution is -0.132. The molecule has 0 radical (unpaired) electrons. The fourth-order valence-corrected chi connectivity index (χ4v) is 3.45. The number of hydrogen-bond donors (Lipinski definition) is 1. The lowest BCUT2D eigenvalue weighted by Crippen LogP contribution is -2.54. The fourth-order valence-electron chi connectivity index (χ4n) is 3.45. The van der Waals surface area contributed by atoms with Crippen LogP contribution in [0.25, 0.3) is 0 Å². The maximum atomic E-state index is 12.9. The predicted octanol–water partition coefficient (Wildman–Crippen LogP) is 3.01. The zero-order valence-electron chi connectivity index (χ0n) is 12.7. The highest BCUT2D eigenvalue weighted by molar-refractivity contribution is 5.90. The van der Waals surface area contributed by atoms with Gasteiger partial charge >= 0.3 is 0 Å². The van der Waals surface area contributed by atoms with Crippen molar-refractivity contribution in [2.24, 2.45) is 5.92 Å². The number of aromatic hydroxyl groups is 1. The Morgan fingerprint density at radius 3 is 2.80 bits per heavy atom. The molecule has 2 atom stereocenters. The van der Waals surface area contributed by atoms with Gasteiger partial charge in [-0.2, -0.15) is 0 Å². The van der Waals surface area contributed by atoms with Crippen molar-refractivity contribution >= 4 is 5.78 Å². The second-order valence-electron chi connectivity index (χ2n) is 6.40. The average Bonchev–Trinajstić information content (AvgIpc) is 2.38. The summed E-state index contributed by atoms with van der Waals surface area (Å²) in [7, 11) is 4.02. The normalized spacial score (nSPS) is 26.7. The van der Waals surface area contributed by atoms with Crippen LogP contribution in [0.3, 0.4) is 0 Å². The lowest BCUT2D eigenvalue weighted by Gasteiger charge is -2.44. The minimum Gasteiger partial charge on any atom is -0.508 e. The van der Waals surface area contributed by atoms with Crippen molar-refractivity contribution in [3.05, 3.63) is 29.8 Å². The number of benzene rings is 1. The molecule has 1 N–H and O–H groups in total. The van der Waals surface area contributed by atoms with Crippen LogP contribution in [0.5, 0.6) is 5.75 Å². The van der Waals surface area contributed by atoms with E-state index in [0.29, 0.717) is 12.3 Å². The van der Waals surface area contributed by atoms with Gasteiger partial charge in [0.2, 0.25) is 0 Å². The first-order valence-electron chi connectivity index (χ1n) is 7.43. The minimum atomic E-state index is -0.330. The van der Waals surface area contributed by atoms with Crippen LogP contribution in [-0.2, 0) is 11.2 Å². The molecule has 1 fully saturated rings. The van der Waals surface area contributed by atoms with E-state index in [1.807, 2.05) is 20.2 Å². The molecule has 1 aromatic carbocycles. The van der Waals surface area contributed by atoms with E-state index in [2.05, 4.69) is 11.8 Å². The van der Waals surface area contributed by atoms with Crippen LogP contribution in [-0.4, -0.2) is 35.4 Å². The molecule has 1 aromatic rings. The molecule has 0 saturated heterocycles. The maximum absolute atomic E-state index is 12.9. The molecular weight excluding hydrogens is 250 g/mol. The van der Waals surface area contributed by atoms with Gasteiger partial charge in [0.05, 0.1) is 5.54 Å². The van der Waals surface area contributed by atoms with Crippen LogP contribution in [0.1, 0.15) is 38.2 Å². The van der Waals surface area contributed by atoms with Gasteiger partial charge in [-0.3, -0.25) is 9.69 Å². The second kappa shape index (κ2) is 5.96. The summed E-state index contributed by atoms with van der Waals surface area (Å²) < 4.78 is 0. The summed E-state index contributed by atoms with van der Waals surface area (Å²) >= 11 is 0. The molecule has 3 nitrogen and oxygen atoms in total. The molecule has 1 saturated carbocycles. The number of nitrogens with zero attached hydrogens (tertiary/aromatic N) is 1. The van der Waals surface area contributed by atoms with E-state index in [1.165, 1.54) is 6.42 Å². The molecule has 20 heavy (non-hydrogen) atoms. The van der Waals surface area contributed by atoms with Crippen LogP contribution in [0.15, 0.2) is 24.3 Å². The van der Waals surface area contributed by atoms with Gasteiger partial charge in [-0.05, 0) is 50.6 Å². The summed E-state index contributed by atoms with van der Waals surface area (Å²) in [6, 6.07) is 7.03. The van der Waals surface area contributed by atoms with Crippen LogP contribution >= 0.6 is 0 Å². The summed E-state index contributed by atoms with van der Waals surface area (Å²) in [5, 5.41) is 9.53. The average molecular weight is 275 g/mol. The molecule has 1 aliphatic rings. The summed E-state index contributed by atoms with van der Waals surface area (Å²) in [4.78, 5) is 15.0. The van der Waals surface area contributed by atoms with Crippen LogP contribution in [0, 0.1) is 5.92 Å². The lowest BCUT2D eigenvalue weighted by atomic mass is 9.72. The van der Waals surface area contributed by atoms with Gasteiger partial charge in [0.25, 0.3) is 0 Å². The van der Waals surface area contributed by atoms with E-state index in [4.69, 9.17) is 0 Å². The molecule has 0 aromatic heterocycles. The summed E-state index contributed by atoms with van der Waals surface area (Å²) in [6.07, 6.45) is 4.62. The highest BCUT2D eigenvalue weighted by atomic mass is 16.3. The van der Waals surface area contributed by atoms with Gasteiger partial charge in [0.15, 0.2) is 5.78 Å². The summed E-state index contributed by atoms with van der Waals surface area (Å²) in [6.45, 7) is 2.24. The van der Waals surface area contributed by atoms with Gasteiger partial charge in [-0.15, -0.1) is 0 Å². The van der Waals surface area contributed by atoms with Gasteiger partial charge in [-0.25, -0.2) is 0 Å². The van der Waals surface area contributed by atoms with Gasteiger partial charge in [0, 0.05) is 6.42 Å². The number of likely N-dealkylation sites (N-methyl/N-ethyl adjacent to an activating group) is 1. The number of hydrogen-bond acceptors (Lipinski definition) is 3. The molecular formula is C17H25NO2. The van der Waals surface area contributed by atoms with E-state index in [1.54, 1.807) is 18.2 Å². The largest absolute Gasteiger partial charge is 0.508 e. The van der Waals surface area contributed by atoms with Crippen LogP contribution in [0.4, 0.5) is 0 Å². The fraction of sp³-hybridized carbons (Fsp3) is 0.588.